The summed E-state index contributed by atoms with van der Waals surface area (Å²) in [5, 5.41) is 159. The second-order valence-electron chi connectivity index (χ2n) is 23.8. The van der Waals surface area contributed by atoms with Crippen LogP contribution in [0.5, 0.6) is 5.75 Å². The van der Waals surface area contributed by atoms with Gasteiger partial charge in [0, 0.05) is 18.8 Å². The van der Waals surface area contributed by atoms with Gasteiger partial charge in [0.25, 0.3) is 0 Å². The van der Waals surface area contributed by atoms with E-state index in [2.05, 4.69) is 47.2 Å². The van der Waals surface area contributed by atoms with E-state index in [0.717, 1.165) is 4.90 Å². The number of benzene rings is 2. The first kappa shape index (κ1) is 74.2. The van der Waals surface area contributed by atoms with Gasteiger partial charge in [-0.25, -0.2) is 0 Å². The minimum Gasteiger partial charge on any atom is -0.462 e. The molecule has 8 rings (SSSR count). The summed E-state index contributed by atoms with van der Waals surface area (Å²) in [4.78, 5) is 109. The Labute approximate surface area is 546 Å². The fraction of sp³-hybridized carbons (Fsp3) is 0.638. The molecule has 6 heterocycles. The number of rotatable bonds is 20. The molecule has 6 aliphatic heterocycles. The second kappa shape index (κ2) is 33.1. The number of hydrogen-bond acceptors (Lipinski definition) is 32. The number of guanidine groups is 2. The van der Waals surface area contributed by atoms with E-state index in [9.17, 15) is 90.4 Å². The topological polar surface area (TPSA) is 602 Å². The van der Waals surface area contributed by atoms with Gasteiger partial charge in [0.05, 0.1) is 58.1 Å². The monoisotopic (exact) mass is 1360 g/mol. The lowest BCUT2D eigenvalue weighted by Crippen LogP contribution is -2.70. The molecule has 0 aromatic heterocycles. The first-order valence-corrected chi connectivity index (χ1v) is 30.8. The molecule has 38 nitrogen and oxygen atoms in total. The molecule has 24 N–H and O–H groups in total. The molecule has 38 heteroatoms. The molecular weight excluding hydrogens is 1280 g/mol. The first-order chi connectivity index (χ1) is 45.7. The van der Waals surface area contributed by atoms with E-state index in [1.165, 1.54) is 24.3 Å². The number of esters is 1. The second-order valence-corrected chi connectivity index (χ2v) is 23.8. The van der Waals surface area contributed by atoms with E-state index >= 15 is 9.59 Å². The SMILES string of the molecule is CCCC(=O)OC1C(OC2C(CO)OC(Oc3ccc(CC4NC(=O)C(C(C)c5ccccc5)NC(=O)CNC(=O)C(CO)NC(=O)C(C(O)C5CN=C(N)N5C5OC(CO)C(O)C(O)C5O)NC(=O)C(C(O)C5CN=C(N)N5)NC4=O)cc3)C(O)C2O)OC(CO)C(O)C1O. The molecule has 25 unspecified atom stereocenters. The van der Waals surface area contributed by atoms with Crippen molar-refractivity contribution in [2.45, 2.75) is 186 Å². The van der Waals surface area contributed by atoms with Crippen LogP contribution in [0.4, 0.5) is 0 Å². The first-order valence-electron chi connectivity index (χ1n) is 30.8. The fourth-order valence-electron chi connectivity index (χ4n) is 11.7. The van der Waals surface area contributed by atoms with E-state index in [-0.39, 0.29) is 30.2 Å². The van der Waals surface area contributed by atoms with Crippen LogP contribution in [0.15, 0.2) is 64.6 Å². The van der Waals surface area contributed by atoms with Gasteiger partial charge >= 0.3 is 5.97 Å². The number of aliphatic hydroxyl groups excluding tert-OH is 13. The molecule has 532 valence electrons. The highest BCUT2D eigenvalue weighted by molar-refractivity contribution is 5.98. The van der Waals surface area contributed by atoms with E-state index in [1.54, 1.807) is 44.2 Å². The van der Waals surface area contributed by atoms with Crippen LogP contribution in [-0.2, 0) is 63.7 Å². The zero-order valence-electron chi connectivity index (χ0n) is 51.8. The number of carbonyl (C=O) groups is 7. The minimum absolute atomic E-state index is 0.0862. The Morgan fingerprint density at radius 3 is 1.84 bits per heavy atom. The lowest BCUT2D eigenvalue weighted by molar-refractivity contribution is -0.353. The van der Waals surface area contributed by atoms with Crippen molar-refractivity contribution in [3.8, 4) is 5.75 Å². The van der Waals surface area contributed by atoms with E-state index in [1.807, 2.05) is 0 Å². The number of nitrogens with zero attached hydrogens (tertiary/aromatic N) is 3. The van der Waals surface area contributed by atoms with E-state index in [0.29, 0.717) is 12.0 Å². The molecule has 6 amide bonds. The molecule has 2 aromatic rings. The highest BCUT2D eigenvalue weighted by Crippen LogP contribution is 2.33. The number of carbonyl (C=O) groups excluding carboxylic acids is 7. The van der Waals surface area contributed by atoms with Crippen LogP contribution < -0.4 is 53.4 Å². The maximum atomic E-state index is 15.2. The Bertz CT molecular complexity index is 3070. The van der Waals surface area contributed by atoms with Crippen molar-refractivity contribution in [3.05, 3.63) is 65.7 Å². The molecule has 0 aliphatic carbocycles. The molecule has 0 spiro atoms. The zero-order chi connectivity index (χ0) is 70.0. The number of nitrogens with two attached hydrogens (primary N) is 2. The van der Waals surface area contributed by atoms with Gasteiger partial charge in [0.15, 0.2) is 30.5 Å². The molecule has 4 saturated heterocycles. The predicted molar refractivity (Wildman–Crippen MR) is 322 cm³/mol. The maximum absolute atomic E-state index is 15.2. The lowest BCUT2D eigenvalue weighted by atomic mass is 9.92. The van der Waals surface area contributed by atoms with E-state index < -0.39 is 246 Å². The summed E-state index contributed by atoms with van der Waals surface area (Å²) < 4.78 is 34.3. The number of aliphatic imine (C=N–C) groups is 2. The molecule has 2 aromatic carbocycles. The Morgan fingerprint density at radius 2 is 1.21 bits per heavy atom. The van der Waals surface area contributed by atoms with Gasteiger partial charge in [-0.1, -0.05) is 56.3 Å². The van der Waals surface area contributed by atoms with Crippen LogP contribution in [0.1, 0.15) is 43.7 Å². The number of aliphatic hydroxyl groups is 13. The Kier molecular flexibility index (Phi) is 25.6. The van der Waals surface area contributed by atoms with Crippen molar-refractivity contribution in [2.75, 3.05) is 46.1 Å². The third-order valence-corrected chi connectivity index (χ3v) is 17.2. The number of hydrogen-bond donors (Lipinski definition) is 22. The van der Waals surface area contributed by atoms with Crippen LogP contribution >= 0.6 is 0 Å². The summed E-state index contributed by atoms with van der Waals surface area (Å²) >= 11 is 0. The standard InChI is InChI=1S/C58H84N12O26/c1-3-7-34(76)95-48-43(82)41(80)31(20-73)93-56(48)96-47-32(21-74)94-55(46(85)44(47)83)91-25-12-10-23(11-13-25)14-26-50(87)68-36(38(77)27-15-62-57(59)66-27)53(90)69-37(39(78)29-16-63-58(60)70(29)54-45(84)42(81)40(79)30(19-72)92-54)52(89)65-28(18-71)49(86)61-17-33(75)67-35(51(88)64-26)22(2)24-8-5-4-6-9-24/h4-6,8-13,22,26-32,35-48,54-56,71-74,77-85H,3,7,14-21H2,1-2H3,(H2,60,63)(H,61,86)(H,64,88)(H,65,89)(H,67,75)(H,68,87)(H,69,90)(H3,59,62,66). The van der Waals surface area contributed by atoms with Gasteiger partial charge in [-0.05, 0) is 29.7 Å². The molecule has 4 fully saturated rings. The van der Waals surface area contributed by atoms with Crippen molar-refractivity contribution >= 4 is 53.3 Å². The summed E-state index contributed by atoms with van der Waals surface area (Å²) in [6, 6.07) is 0.735. The average Bonchev–Trinajstić information content (AvgIpc) is 1.27. The Morgan fingerprint density at radius 1 is 0.615 bits per heavy atom. The number of amides is 6. The summed E-state index contributed by atoms with van der Waals surface area (Å²) in [7, 11) is 0. The smallest absolute Gasteiger partial charge is 0.306 e. The van der Waals surface area contributed by atoms with Crippen molar-refractivity contribution in [1.82, 2.24) is 42.1 Å². The highest BCUT2D eigenvalue weighted by atomic mass is 16.7. The molecule has 96 heavy (non-hydrogen) atoms. The average molecular weight is 1370 g/mol. The lowest BCUT2D eigenvalue weighted by Gasteiger charge is -2.46. The molecule has 6 aliphatic rings. The van der Waals surface area contributed by atoms with Crippen LogP contribution in [0.2, 0.25) is 0 Å². The van der Waals surface area contributed by atoms with Crippen molar-refractivity contribution in [3.63, 3.8) is 0 Å². The van der Waals surface area contributed by atoms with Crippen molar-refractivity contribution in [2.24, 2.45) is 21.5 Å². The minimum atomic E-state index is -2.35. The van der Waals surface area contributed by atoms with Crippen molar-refractivity contribution in [1.29, 1.82) is 0 Å². The van der Waals surface area contributed by atoms with Gasteiger partial charge in [-0.2, -0.15) is 0 Å². The molecule has 0 bridgehead atoms. The van der Waals surface area contributed by atoms with Crippen LogP contribution in [0.3, 0.4) is 0 Å². The van der Waals surface area contributed by atoms with Crippen LogP contribution in [0, 0.1) is 0 Å². The van der Waals surface area contributed by atoms with Gasteiger partial charge in [-0.15, -0.1) is 0 Å². The fourth-order valence-corrected chi connectivity index (χ4v) is 11.7. The van der Waals surface area contributed by atoms with E-state index in [4.69, 9.17) is 39.9 Å². The molecular formula is C58H84N12O26. The predicted octanol–water partition coefficient (Wildman–Crippen LogP) is -12.3. The molecule has 25 atom stereocenters. The van der Waals surface area contributed by atoms with Gasteiger partial charge < -0.3 is 148 Å². The van der Waals surface area contributed by atoms with Crippen LogP contribution in [-0.4, -0.2) is 317 Å². The molecule has 0 saturated carbocycles. The summed E-state index contributed by atoms with van der Waals surface area (Å²) in [6.07, 6.45) is -31.6. The maximum Gasteiger partial charge on any atom is 0.306 e. The number of nitrogens with one attached hydrogen (secondary N) is 7. The van der Waals surface area contributed by atoms with Gasteiger partial charge in [0.2, 0.25) is 41.7 Å². The van der Waals surface area contributed by atoms with Gasteiger partial charge in [-0.3, -0.25) is 43.5 Å². The summed E-state index contributed by atoms with van der Waals surface area (Å²) in [5.74, 6) is -9.88. The zero-order valence-corrected chi connectivity index (χ0v) is 51.8. The summed E-state index contributed by atoms with van der Waals surface area (Å²) in [5.41, 5.74) is 12.8. The number of ether oxygens (including phenoxy) is 6. The largest absolute Gasteiger partial charge is 0.462 e. The van der Waals surface area contributed by atoms with Crippen molar-refractivity contribution < 1.29 is 128 Å². The normalized spacial score (nSPS) is 36.1. The third kappa shape index (κ3) is 17.0. The van der Waals surface area contributed by atoms with Gasteiger partial charge in [0.1, 0.15) is 115 Å². The summed E-state index contributed by atoms with van der Waals surface area (Å²) in [6.45, 7) is -2.37. The molecule has 0 radical (unpaired) electrons. The highest BCUT2D eigenvalue weighted by Gasteiger charge is 2.55. The Balaban J connectivity index is 1.10. The van der Waals surface area contributed by atoms with Crippen LogP contribution in [0.25, 0.3) is 0 Å². The quantitative estimate of drug-likeness (QED) is 0.0547. The Hall–Kier alpha value is -7.61. The third-order valence-electron chi connectivity index (χ3n) is 17.2.